The molecule has 0 aromatic heterocycles. The van der Waals surface area contributed by atoms with Gasteiger partial charge in [-0.2, -0.15) is 0 Å². The molecule has 14 atom stereocenters. The summed E-state index contributed by atoms with van der Waals surface area (Å²) in [6.07, 6.45) is 15.6. The van der Waals surface area contributed by atoms with Crippen molar-refractivity contribution < 1.29 is 29.3 Å². The van der Waals surface area contributed by atoms with Crippen molar-refractivity contribution in [2.75, 3.05) is 13.2 Å². The van der Waals surface area contributed by atoms with Crippen molar-refractivity contribution in [3.8, 4) is 0 Å². The zero-order chi connectivity index (χ0) is 36.2. The van der Waals surface area contributed by atoms with Crippen LogP contribution in [0, 0.1) is 80.8 Å². The van der Waals surface area contributed by atoms with Gasteiger partial charge < -0.3 is 19.7 Å². The van der Waals surface area contributed by atoms with Crippen LogP contribution in [0.5, 0.6) is 0 Å². The lowest BCUT2D eigenvalue weighted by atomic mass is 9.44. The quantitative estimate of drug-likeness (QED) is 0.233. The molecule has 0 amide bonds. The number of carbonyl (C=O) groups excluding carboxylic acids is 2. The van der Waals surface area contributed by atoms with Gasteiger partial charge in [0.2, 0.25) is 0 Å². The van der Waals surface area contributed by atoms with Gasteiger partial charge in [0.05, 0.1) is 13.2 Å². The second-order valence-corrected chi connectivity index (χ2v) is 20.8. The molecule has 6 aliphatic carbocycles. The third kappa shape index (κ3) is 6.98. The van der Waals surface area contributed by atoms with Crippen LogP contribution in [0.3, 0.4) is 0 Å². The number of hydrogen-bond donors (Lipinski definition) is 2. The lowest BCUT2D eigenvalue weighted by Crippen LogP contribution is -2.55. The zero-order valence-corrected chi connectivity index (χ0v) is 33.2. The first-order valence-electron chi connectivity index (χ1n) is 21.2. The Morgan fingerprint density at radius 1 is 0.580 bits per heavy atom. The van der Waals surface area contributed by atoms with E-state index in [0.717, 1.165) is 85.9 Å². The summed E-state index contributed by atoms with van der Waals surface area (Å²) in [6, 6.07) is 0. The summed E-state index contributed by atoms with van der Waals surface area (Å²) in [5, 5.41) is 21.7. The van der Waals surface area contributed by atoms with Crippen LogP contribution < -0.4 is 0 Å². The van der Waals surface area contributed by atoms with Gasteiger partial charge in [0.25, 0.3) is 0 Å². The lowest BCUT2D eigenvalue weighted by molar-refractivity contribution is -0.186. The minimum Gasteiger partial charge on any atom is -0.463 e. The van der Waals surface area contributed by atoms with Crippen LogP contribution in [0.15, 0.2) is 0 Å². The predicted octanol–water partition coefficient (Wildman–Crippen LogP) is 9.38. The maximum absolute atomic E-state index is 13.2. The molecule has 50 heavy (non-hydrogen) atoms. The Hall–Kier alpha value is -1.14. The van der Waals surface area contributed by atoms with Gasteiger partial charge in [-0.15, -0.1) is 0 Å². The molecule has 0 aromatic rings. The highest BCUT2D eigenvalue weighted by molar-refractivity contribution is 5.85. The maximum atomic E-state index is 13.2. The van der Waals surface area contributed by atoms with E-state index in [4.69, 9.17) is 9.47 Å². The van der Waals surface area contributed by atoms with Gasteiger partial charge in [-0.1, -0.05) is 68.2 Å². The molecule has 2 N–H and O–H groups in total. The monoisotopic (exact) mass is 699 g/mol. The third-order valence-electron chi connectivity index (χ3n) is 17.3. The largest absolute Gasteiger partial charge is 0.463 e. The van der Waals surface area contributed by atoms with Crippen LogP contribution in [0.4, 0.5) is 0 Å². The van der Waals surface area contributed by atoms with E-state index in [1.54, 1.807) is 0 Å². The third-order valence-corrected chi connectivity index (χ3v) is 17.3. The summed E-state index contributed by atoms with van der Waals surface area (Å²) < 4.78 is 11.6. The average Bonchev–Trinajstić information content (AvgIpc) is 3.08. The first-order valence-corrected chi connectivity index (χ1v) is 21.2. The highest BCUT2D eigenvalue weighted by atomic mass is 16.6. The summed E-state index contributed by atoms with van der Waals surface area (Å²) in [5.74, 6) is 5.33. The summed E-state index contributed by atoms with van der Waals surface area (Å²) in [4.78, 5) is 26.4. The van der Waals surface area contributed by atoms with Crippen LogP contribution in [0.2, 0.25) is 0 Å². The van der Waals surface area contributed by atoms with Crippen molar-refractivity contribution in [3.63, 3.8) is 0 Å². The molecule has 6 fully saturated rings. The number of fused-ring (bicyclic) bond motifs is 6. The van der Waals surface area contributed by atoms with E-state index in [1.807, 2.05) is 0 Å². The van der Waals surface area contributed by atoms with Gasteiger partial charge in [-0.05, 0) is 160 Å². The molecule has 6 nitrogen and oxygen atoms in total. The fraction of sp³-hybridized carbons (Fsp3) is 0.955. The van der Waals surface area contributed by atoms with Crippen LogP contribution in [-0.4, -0.2) is 47.6 Å². The highest BCUT2D eigenvalue weighted by Gasteiger charge is 2.59. The SMILES string of the molecule is CC(C)C1CCC2C(CCC3C(C)(COC(=O)[C@H](O)[C@@H](O)C(=O)OCC4(C)CCCC5(C)C6CCC(C(C)C)CC6CCC45)CCCC23C)C1. The fourth-order valence-electron chi connectivity index (χ4n) is 14.5. The number of ether oxygens (including phenoxy) is 2. The van der Waals surface area contributed by atoms with E-state index in [2.05, 4.69) is 55.4 Å². The fourth-order valence-corrected chi connectivity index (χ4v) is 14.5. The summed E-state index contributed by atoms with van der Waals surface area (Å²) >= 11 is 0. The van der Waals surface area contributed by atoms with Crippen molar-refractivity contribution in [1.29, 1.82) is 0 Å². The molecular weight excluding hydrogens is 624 g/mol. The number of carbonyl (C=O) groups is 2. The number of aliphatic hydroxyl groups excluding tert-OH is 2. The first-order chi connectivity index (χ1) is 23.5. The molecular formula is C44H74O6. The Labute approximate surface area is 305 Å². The van der Waals surface area contributed by atoms with Gasteiger partial charge in [0.15, 0.2) is 12.2 Å². The Balaban J connectivity index is 1.02. The van der Waals surface area contributed by atoms with Crippen LogP contribution in [-0.2, 0) is 19.1 Å². The van der Waals surface area contributed by atoms with E-state index in [1.165, 1.54) is 64.2 Å². The second kappa shape index (κ2) is 14.6. The van der Waals surface area contributed by atoms with Crippen molar-refractivity contribution in [3.05, 3.63) is 0 Å². The Morgan fingerprint density at radius 3 is 1.32 bits per heavy atom. The standard InChI is InChI=1S/C44H74O6/c1-27(2)29-11-15-33-31(23-29)13-17-35-41(5,19-9-21-43(33,35)7)25-49-39(47)37(45)38(46)40(48)50-26-42(6)20-10-22-44(8)34-16-12-30(28(3)4)24-32(34)14-18-36(42)44/h27-38,45-46H,9-26H2,1-8H3/t29?,30?,31?,32?,33?,34?,35?,36?,37-,38-,41?,42?,43?,44?/m1/s1. The molecule has 0 aromatic carbocycles. The van der Waals surface area contributed by atoms with Crippen molar-refractivity contribution in [2.45, 2.75) is 170 Å². The number of rotatable bonds is 9. The molecule has 0 saturated heterocycles. The molecule has 6 heteroatoms. The van der Waals surface area contributed by atoms with E-state index in [0.29, 0.717) is 11.8 Å². The van der Waals surface area contributed by atoms with E-state index in [9.17, 15) is 19.8 Å². The molecule has 286 valence electrons. The van der Waals surface area contributed by atoms with E-state index in [-0.39, 0.29) is 34.9 Å². The molecule has 6 rings (SSSR count). The van der Waals surface area contributed by atoms with Gasteiger partial charge in [0.1, 0.15) is 0 Å². The van der Waals surface area contributed by atoms with Crippen LogP contribution in [0.1, 0.15) is 158 Å². The number of hydrogen-bond acceptors (Lipinski definition) is 6. The Morgan fingerprint density at radius 2 is 0.960 bits per heavy atom. The van der Waals surface area contributed by atoms with Gasteiger partial charge in [-0.3, -0.25) is 0 Å². The summed E-state index contributed by atoms with van der Waals surface area (Å²) in [6.45, 7) is 19.5. The highest BCUT2D eigenvalue weighted by Crippen LogP contribution is 2.66. The molecule has 0 radical (unpaired) electrons. The molecule has 0 bridgehead atoms. The molecule has 6 aliphatic rings. The minimum atomic E-state index is -1.95. The topological polar surface area (TPSA) is 93.1 Å². The van der Waals surface area contributed by atoms with Gasteiger partial charge in [0, 0.05) is 10.8 Å². The number of esters is 2. The summed E-state index contributed by atoms with van der Waals surface area (Å²) in [7, 11) is 0. The van der Waals surface area contributed by atoms with E-state index < -0.39 is 24.1 Å². The molecule has 6 saturated carbocycles. The van der Waals surface area contributed by atoms with Crippen molar-refractivity contribution in [2.24, 2.45) is 80.8 Å². The van der Waals surface area contributed by atoms with Crippen molar-refractivity contribution in [1.82, 2.24) is 0 Å². The van der Waals surface area contributed by atoms with Gasteiger partial charge in [-0.25, -0.2) is 9.59 Å². The van der Waals surface area contributed by atoms with Crippen LogP contribution >= 0.6 is 0 Å². The van der Waals surface area contributed by atoms with Crippen LogP contribution in [0.25, 0.3) is 0 Å². The Kier molecular flexibility index (Phi) is 11.3. The van der Waals surface area contributed by atoms with E-state index >= 15 is 0 Å². The summed E-state index contributed by atoms with van der Waals surface area (Å²) in [5.41, 5.74) is 0.125. The van der Waals surface area contributed by atoms with Gasteiger partial charge >= 0.3 is 11.9 Å². The minimum absolute atomic E-state index is 0.178. The first kappa shape index (κ1) is 38.6. The lowest BCUT2D eigenvalue weighted by Gasteiger charge is -2.61. The normalized spacial score (nSPS) is 45.8. The second-order valence-electron chi connectivity index (χ2n) is 20.8. The van der Waals surface area contributed by atoms with Crippen molar-refractivity contribution >= 4 is 11.9 Å². The number of aliphatic hydroxyl groups is 2. The molecule has 0 heterocycles. The molecule has 0 aliphatic heterocycles. The maximum Gasteiger partial charge on any atom is 0.338 e. The smallest absolute Gasteiger partial charge is 0.338 e. The zero-order valence-electron chi connectivity index (χ0n) is 33.2. The average molecular weight is 699 g/mol. The Bertz CT molecular complexity index is 1120. The predicted molar refractivity (Wildman–Crippen MR) is 198 cm³/mol. The molecule has 12 unspecified atom stereocenters. The molecule has 0 spiro atoms.